The van der Waals surface area contributed by atoms with Crippen molar-refractivity contribution in [1.82, 2.24) is 4.31 Å². The van der Waals surface area contributed by atoms with Crippen LogP contribution in [0.2, 0.25) is 0 Å². The fourth-order valence-electron chi connectivity index (χ4n) is 3.73. The van der Waals surface area contributed by atoms with Gasteiger partial charge < -0.3 is 10.2 Å². The number of benzene rings is 2. The smallest absolute Gasteiger partial charge is 0.243 e. The predicted molar refractivity (Wildman–Crippen MR) is 122 cm³/mol. The maximum Gasteiger partial charge on any atom is 0.243 e. The molecule has 0 spiro atoms. The molecule has 7 nitrogen and oxygen atoms in total. The third-order valence-electron chi connectivity index (χ3n) is 5.78. The molecule has 0 fully saturated rings. The zero-order valence-electron chi connectivity index (χ0n) is 18.8. The van der Waals surface area contributed by atoms with Crippen molar-refractivity contribution >= 4 is 33.2 Å². The van der Waals surface area contributed by atoms with Gasteiger partial charge in [-0.25, -0.2) is 8.42 Å². The standard InChI is InChI=1S/C23H29N3O4S/c1-15(2)16-7-9-17(10-8-16)24-21(27)14-25(5)31(29,30)18-11-12-20-19(13-18)23(3,4)22(28)26(20)6/h7-13,15H,14H2,1-6H3,(H,24,27). The van der Waals surface area contributed by atoms with Crippen LogP contribution in [0.3, 0.4) is 0 Å². The van der Waals surface area contributed by atoms with Gasteiger partial charge in [0.2, 0.25) is 21.8 Å². The normalized spacial score (nSPS) is 15.5. The van der Waals surface area contributed by atoms with Crippen molar-refractivity contribution in [3.05, 3.63) is 53.6 Å². The van der Waals surface area contributed by atoms with Gasteiger partial charge >= 0.3 is 0 Å². The van der Waals surface area contributed by atoms with Gasteiger partial charge in [-0.1, -0.05) is 26.0 Å². The summed E-state index contributed by atoms with van der Waals surface area (Å²) in [6, 6.07) is 12.1. The molecule has 3 rings (SSSR count). The molecule has 1 aliphatic heterocycles. The summed E-state index contributed by atoms with van der Waals surface area (Å²) in [7, 11) is -0.866. The van der Waals surface area contributed by atoms with E-state index in [9.17, 15) is 18.0 Å². The van der Waals surface area contributed by atoms with Crippen molar-refractivity contribution in [2.24, 2.45) is 0 Å². The van der Waals surface area contributed by atoms with Crippen LogP contribution >= 0.6 is 0 Å². The van der Waals surface area contributed by atoms with Gasteiger partial charge in [0.05, 0.1) is 16.9 Å². The lowest BCUT2D eigenvalue weighted by atomic mass is 9.86. The average molecular weight is 444 g/mol. The second kappa shape index (κ2) is 8.09. The highest BCUT2D eigenvalue weighted by Gasteiger charge is 2.43. The van der Waals surface area contributed by atoms with Gasteiger partial charge in [0.25, 0.3) is 0 Å². The minimum Gasteiger partial charge on any atom is -0.325 e. The summed E-state index contributed by atoms with van der Waals surface area (Å²) in [4.78, 5) is 26.5. The lowest BCUT2D eigenvalue weighted by molar-refractivity contribution is -0.121. The quantitative estimate of drug-likeness (QED) is 0.742. The summed E-state index contributed by atoms with van der Waals surface area (Å²) in [6.45, 7) is 7.39. The molecular formula is C23H29N3O4S. The van der Waals surface area contributed by atoms with E-state index in [1.165, 1.54) is 24.1 Å². The first kappa shape index (κ1) is 23.0. The molecule has 166 valence electrons. The Morgan fingerprint density at radius 2 is 1.74 bits per heavy atom. The second-order valence-corrected chi connectivity index (χ2v) is 10.8. The van der Waals surface area contributed by atoms with Crippen LogP contribution < -0.4 is 10.2 Å². The van der Waals surface area contributed by atoms with E-state index in [0.29, 0.717) is 22.9 Å². The van der Waals surface area contributed by atoms with Crippen LogP contribution in [0.4, 0.5) is 11.4 Å². The molecule has 2 aromatic rings. The lowest BCUT2D eigenvalue weighted by Crippen LogP contribution is -2.35. The first-order chi connectivity index (χ1) is 14.4. The van der Waals surface area contributed by atoms with Crippen molar-refractivity contribution in [2.75, 3.05) is 30.9 Å². The van der Waals surface area contributed by atoms with Crippen LogP contribution in [-0.4, -0.2) is 45.2 Å². The number of hydrogen-bond donors (Lipinski definition) is 1. The summed E-state index contributed by atoms with van der Waals surface area (Å²) in [5, 5.41) is 2.73. The van der Waals surface area contributed by atoms with Crippen LogP contribution in [0.15, 0.2) is 47.4 Å². The molecule has 8 heteroatoms. The van der Waals surface area contributed by atoms with Gasteiger partial charge in [-0.05, 0) is 61.2 Å². The van der Waals surface area contributed by atoms with Crippen molar-refractivity contribution in [1.29, 1.82) is 0 Å². The summed E-state index contributed by atoms with van der Waals surface area (Å²) >= 11 is 0. The number of nitrogens with zero attached hydrogens (tertiary/aromatic N) is 2. The molecule has 0 bridgehead atoms. The monoisotopic (exact) mass is 443 g/mol. The highest BCUT2D eigenvalue weighted by Crippen LogP contribution is 2.41. The number of rotatable bonds is 6. The van der Waals surface area contributed by atoms with Crippen LogP contribution in [0, 0.1) is 0 Å². The SMILES string of the molecule is CC(C)c1ccc(NC(=O)CN(C)S(=O)(=O)c2ccc3c(c2)C(C)(C)C(=O)N3C)cc1. The third kappa shape index (κ3) is 4.22. The predicted octanol–water partition coefficient (Wildman–Crippen LogP) is 3.32. The number of carbonyl (C=O) groups excluding carboxylic acids is 2. The Morgan fingerprint density at radius 3 is 2.32 bits per heavy atom. The molecule has 0 unspecified atom stereocenters. The van der Waals surface area contributed by atoms with Gasteiger partial charge in [0.1, 0.15) is 0 Å². The Labute approximate surface area is 184 Å². The number of hydrogen-bond acceptors (Lipinski definition) is 4. The highest BCUT2D eigenvalue weighted by atomic mass is 32.2. The van der Waals surface area contributed by atoms with Crippen molar-refractivity contribution in [3.63, 3.8) is 0 Å². The number of anilines is 2. The number of likely N-dealkylation sites (N-methyl/N-ethyl adjacent to an activating group) is 2. The van der Waals surface area contributed by atoms with E-state index in [0.717, 1.165) is 9.87 Å². The Kier molecular flexibility index (Phi) is 5.99. The van der Waals surface area contributed by atoms with E-state index < -0.39 is 21.3 Å². The minimum atomic E-state index is -3.91. The topological polar surface area (TPSA) is 86.8 Å². The first-order valence-electron chi connectivity index (χ1n) is 10.1. The molecule has 2 amide bonds. The van der Waals surface area contributed by atoms with E-state index >= 15 is 0 Å². The van der Waals surface area contributed by atoms with Crippen molar-refractivity contribution in [2.45, 2.75) is 43.9 Å². The van der Waals surface area contributed by atoms with E-state index in [-0.39, 0.29) is 17.3 Å². The van der Waals surface area contributed by atoms with Crippen molar-refractivity contribution in [3.8, 4) is 0 Å². The van der Waals surface area contributed by atoms with E-state index in [1.807, 2.05) is 12.1 Å². The molecule has 0 saturated carbocycles. The number of amides is 2. The Balaban J connectivity index is 1.76. The van der Waals surface area contributed by atoms with Crippen LogP contribution in [0.1, 0.15) is 44.7 Å². The van der Waals surface area contributed by atoms with Gasteiger partial charge in [-0.2, -0.15) is 4.31 Å². The van der Waals surface area contributed by atoms with Gasteiger partial charge in [-0.15, -0.1) is 0 Å². The molecular weight excluding hydrogens is 414 g/mol. The van der Waals surface area contributed by atoms with Crippen LogP contribution in [-0.2, 0) is 25.0 Å². The average Bonchev–Trinajstić information content (AvgIpc) is 2.88. The first-order valence-corrected chi connectivity index (χ1v) is 11.6. The van der Waals surface area contributed by atoms with Gasteiger partial charge in [0.15, 0.2) is 0 Å². The van der Waals surface area contributed by atoms with Crippen molar-refractivity contribution < 1.29 is 18.0 Å². The molecule has 1 N–H and O–H groups in total. The maximum atomic E-state index is 13.1. The molecule has 1 aliphatic rings. The number of fused-ring (bicyclic) bond motifs is 1. The summed E-state index contributed by atoms with van der Waals surface area (Å²) < 4.78 is 27.1. The molecule has 0 radical (unpaired) electrons. The summed E-state index contributed by atoms with van der Waals surface area (Å²) in [6.07, 6.45) is 0. The second-order valence-electron chi connectivity index (χ2n) is 8.75. The molecule has 0 aliphatic carbocycles. The molecule has 2 aromatic carbocycles. The fourth-order valence-corrected chi connectivity index (χ4v) is 4.89. The largest absolute Gasteiger partial charge is 0.325 e. The zero-order chi connectivity index (χ0) is 23.1. The fraction of sp³-hybridized carbons (Fsp3) is 0.391. The number of carbonyl (C=O) groups is 2. The number of nitrogens with one attached hydrogen (secondary N) is 1. The molecule has 31 heavy (non-hydrogen) atoms. The molecule has 0 saturated heterocycles. The van der Waals surface area contributed by atoms with Crippen LogP contribution in [0.25, 0.3) is 0 Å². The molecule has 0 atom stereocenters. The van der Waals surface area contributed by atoms with E-state index in [1.54, 1.807) is 39.1 Å². The highest BCUT2D eigenvalue weighted by molar-refractivity contribution is 7.89. The van der Waals surface area contributed by atoms with Gasteiger partial charge in [-0.3, -0.25) is 9.59 Å². The zero-order valence-corrected chi connectivity index (χ0v) is 19.6. The summed E-state index contributed by atoms with van der Waals surface area (Å²) in [5.41, 5.74) is 2.30. The van der Waals surface area contributed by atoms with Crippen LogP contribution in [0.5, 0.6) is 0 Å². The number of sulfonamides is 1. The molecule has 0 aromatic heterocycles. The minimum absolute atomic E-state index is 0.0546. The Hall–Kier alpha value is -2.71. The Morgan fingerprint density at radius 1 is 1.13 bits per heavy atom. The lowest BCUT2D eigenvalue weighted by Gasteiger charge is -2.19. The summed E-state index contributed by atoms with van der Waals surface area (Å²) in [5.74, 6) is -0.138. The van der Waals surface area contributed by atoms with Gasteiger partial charge in [0, 0.05) is 25.5 Å². The molecule has 1 heterocycles. The van der Waals surface area contributed by atoms with E-state index in [4.69, 9.17) is 0 Å². The maximum absolute atomic E-state index is 13.1. The Bertz CT molecular complexity index is 1120. The van der Waals surface area contributed by atoms with E-state index in [2.05, 4.69) is 19.2 Å². The third-order valence-corrected chi connectivity index (χ3v) is 7.58.